The molecule has 7 heteroatoms. The monoisotopic (exact) mass is 384 g/mol. The first-order valence-corrected chi connectivity index (χ1v) is 9.99. The van der Waals surface area contributed by atoms with E-state index in [2.05, 4.69) is 51.7 Å². The number of aryl methyl sites for hydroxylation is 1. The summed E-state index contributed by atoms with van der Waals surface area (Å²) in [7, 11) is 2.09. The Labute approximate surface area is 163 Å². The quantitative estimate of drug-likeness (QED) is 0.543. The standard InChI is InChI=1S/C20H24N4O2S/c1-24(14-16-6-3-2-4-7-16)12-5-11-21-18(25)8-9-19-22-23-20(26-19)17-10-13-27-15-17/h2-4,6-7,10,13,15H,5,8-9,11-12,14H2,1H3,(H,21,25). The molecule has 1 aromatic carbocycles. The van der Waals surface area contributed by atoms with Crippen LogP contribution in [0.5, 0.6) is 0 Å². The second-order valence-electron chi connectivity index (χ2n) is 6.44. The summed E-state index contributed by atoms with van der Waals surface area (Å²) >= 11 is 1.58. The van der Waals surface area contributed by atoms with Gasteiger partial charge in [0.2, 0.25) is 17.7 Å². The fraction of sp³-hybridized carbons (Fsp3) is 0.350. The fourth-order valence-electron chi connectivity index (χ4n) is 2.72. The van der Waals surface area contributed by atoms with Gasteiger partial charge in [-0.15, -0.1) is 10.2 Å². The Hall–Kier alpha value is -2.51. The van der Waals surface area contributed by atoms with E-state index in [9.17, 15) is 4.79 Å². The van der Waals surface area contributed by atoms with Crippen LogP contribution in [0.3, 0.4) is 0 Å². The lowest BCUT2D eigenvalue weighted by atomic mass is 10.2. The lowest BCUT2D eigenvalue weighted by Crippen LogP contribution is -2.28. The van der Waals surface area contributed by atoms with Crippen LogP contribution in [0.2, 0.25) is 0 Å². The van der Waals surface area contributed by atoms with Crippen molar-refractivity contribution in [2.45, 2.75) is 25.8 Å². The molecule has 0 spiro atoms. The van der Waals surface area contributed by atoms with Gasteiger partial charge in [-0.3, -0.25) is 4.79 Å². The molecule has 142 valence electrons. The van der Waals surface area contributed by atoms with Crippen LogP contribution in [0.25, 0.3) is 11.5 Å². The highest BCUT2D eigenvalue weighted by atomic mass is 32.1. The van der Waals surface area contributed by atoms with Crippen molar-refractivity contribution in [1.29, 1.82) is 0 Å². The van der Waals surface area contributed by atoms with E-state index in [-0.39, 0.29) is 5.91 Å². The number of nitrogens with one attached hydrogen (secondary N) is 1. The Kier molecular flexibility index (Phi) is 7.12. The zero-order valence-electron chi connectivity index (χ0n) is 15.4. The highest BCUT2D eigenvalue weighted by Gasteiger charge is 2.10. The predicted octanol–water partition coefficient (Wildman–Crippen LogP) is 3.37. The van der Waals surface area contributed by atoms with E-state index in [0.717, 1.165) is 25.1 Å². The smallest absolute Gasteiger partial charge is 0.248 e. The third kappa shape index (κ3) is 6.30. The lowest BCUT2D eigenvalue weighted by molar-refractivity contribution is -0.121. The Morgan fingerprint density at radius 3 is 2.85 bits per heavy atom. The van der Waals surface area contributed by atoms with Crippen molar-refractivity contribution in [3.8, 4) is 11.5 Å². The van der Waals surface area contributed by atoms with Crippen molar-refractivity contribution in [3.63, 3.8) is 0 Å². The number of hydrogen-bond acceptors (Lipinski definition) is 6. The third-order valence-electron chi connectivity index (χ3n) is 4.13. The summed E-state index contributed by atoms with van der Waals surface area (Å²) in [6.45, 7) is 2.52. The first kappa shape index (κ1) is 19.3. The third-order valence-corrected chi connectivity index (χ3v) is 4.82. The maximum atomic E-state index is 12.0. The summed E-state index contributed by atoms with van der Waals surface area (Å²) in [6, 6.07) is 12.3. The fourth-order valence-corrected chi connectivity index (χ4v) is 3.35. The molecule has 0 bridgehead atoms. The van der Waals surface area contributed by atoms with Crippen LogP contribution in [0.4, 0.5) is 0 Å². The number of rotatable bonds is 10. The number of amides is 1. The van der Waals surface area contributed by atoms with Crippen molar-refractivity contribution in [2.24, 2.45) is 0 Å². The van der Waals surface area contributed by atoms with E-state index in [0.29, 0.717) is 31.2 Å². The van der Waals surface area contributed by atoms with Gasteiger partial charge in [-0.2, -0.15) is 11.3 Å². The van der Waals surface area contributed by atoms with Gasteiger partial charge < -0.3 is 14.6 Å². The van der Waals surface area contributed by atoms with Crippen molar-refractivity contribution >= 4 is 17.2 Å². The van der Waals surface area contributed by atoms with Gasteiger partial charge in [0, 0.05) is 36.9 Å². The van der Waals surface area contributed by atoms with Crippen LogP contribution in [0.15, 0.2) is 51.6 Å². The topological polar surface area (TPSA) is 71.3 Å². The van der Waals surface area contributed by atoms with Crippen LogP contribution in [-0.2, 0) is 17.8 Å². The van der Waals surface area contributed by atoms with Crippen molar-refractivity contribution in [3.05, 3.63) is 58.6 Å². The van der Waals surface area contributed by atoms with Gasteiger partial charge in [-0.1, -0.05) is 30.3 Å². The summed E-state index contributed by atoms with van der Waals surface area (Å²) in [4.78, 5) is 14.2. The Bertz CT molecular complexity index is 818. The zero-order chi connectivity index (χ0) is 18.9. The van der Waals surface area contributed by atoms with Gasteiger partial charge in [-0.25, -0.2) is 0 Å². The second-order valence-corrected chi connectivity index (χ2v) is 7.22. The Balaban J connectivity index is 1.30. The first-order valence-electron chi connectivity index (χ1n) is 9.05. The number of benzene rings is 1. The average Bonchev–Trinajstić information content (AvgIpc) is 3.36. The molecule has 1 amide bonds. The number of aromatic nitrogens is 2. The van der Waals surface area contributed by atoms with Crippen molar-refractivity contribution in [2.75, 3.05) is 20.1 Å². The van der Waals surface area contributed by atoms with Crippen LogP contribution < -0.4 is 5.32 Å². The van der Waals surface area contributed by atoms with E-state index in [1.807, 2.05) is 22.9 Å². The average molecular weight is 385 g/mol. The molecule has 2 heterocycles. The molecule has 3 rings (SSSR count). The number of carbonyl (C=O) groups is 1. The van der Waals surface area contributed by atoms with Crippen molar-refractivity contribution in [1.82, 2.24) is 20.4 Å². The number of carbonyl (C=O) groups excluding carboxylic acids is 1. The molecule has 0 unspecified atom stereocenters. The zero-order valence-corrected chi connectivity index (χ0v) is 16.2. The highest BCUT2D eigenvalue weighted by molar-refractivity contribution is 7.08. The molecule has 0 aliphatic rings. The maximum Gasteiger partial charge on any atom is 0.248 e. The minimum absolute atomic E-state index is 0.0102. The van der Waals surface area contributed by atoms with Crippen LogP contribution in [0.1, 0.15) is 24.3 Å². The predicted molar refractivity (Wildman–Crippen MR) is 106 cm³/mol. The van der Waals surface area contributed by atoms with Gasteiger partial charge in [-0.05, 0) is 37.0 Å². The summed E-state index contributed by atoms with van der Waals surface area (Å²) in [5.74, 6) is 1.01. The SMILES string of the molecule is CN(CCCNC(=O)CCc1nnc(-c2ccsc2)o1)Cc1ccccc1. The summed E-state index contributed by atoms with van der Waals surface area (Å²) in [6.07, 6.45) is 1.72. The molecule has 0 radical (unpaired) electrons. The van der Waals surface area contributed by atoms with Gasteiger partial charge in [0.05, 0.1) is 0 Å². The van der Waals surface area contributed by atoms with Crippen molar-refractivity contribution < 1.29 is 9.21 Å². The second kappa shape index (κ2) is 9.99. The molecular formula is C20H24N4O2S. The summed E-state index contributed by atoms with van der Waals surface area (Å²) in [5.41, 5.74) is 2.22. The molecule has 0 aliphatic carbocycles. The van der Waals surface area contributed by atoms with Gasteiger partial charge in [0.1, 0.15) is 0 Å². The number of thiophene rings is 1. The molecule has 0 atom stereocenters. The molecule has 0 fully saturated rings. The molecule has 0 aliphatic heterocycles. The van der Waals surface area contributed by atoms with E-state index < -0.39 is 0 Å². The molecule has 2 aromatic heterocycles. The lowest BCUT2D eigenvalue weighted by Gasteiger charge is -2.16. The molecule has 27 heavy (non-hydrogen) atoms. The van der Waals surface area contributed by atoms with E-state index >= 15 is 0 Å². The Morgan fingerprint density at radius 2 is 2.07 bits per heavy atom. The molecular weight excluding hydrogens is 360 g/mol. The van der Waals surface area contributed by atoms with Gasteiger partial charge in [0.25, 0.3) is 0 Å². The molecule has 1 N–H and O–H groups in total. The van der Waals surface area contributed by atoms with E-state index in [1.165, 1.54) is 5.56 Å². The number of nitrogens with zero attached hydrogens (tertiary/aromatic N) is 3. The Morgan fingerprint density at radius 1 is 1.22 bits per heavy atom. The van der Waals surface area contributed by atoms with E-state index in [4.69, 9.17) is 4.42 Å². The van der Waals surface area contributed by atoms with Gasteiger partial charge in [0.15, 0.2) is 0 Å². The highest BCUT2D eigenvalue weighted by Crippen LogP contribution is 2.20. The molecule has 3 aromatic rings. The van der Waals surface area contributed by atoms with Crippen LogP contribution >= 0.6 is 11.3 Å². The van der Waals surface area contributed by atoms with Crippen LogP contribution in [0, 0.1) is 0 Å². The van der Waals surface area contributed by atoms with Crippen LogP contribution in [-0.4, -0.2) is 41.1 Å². The molecule has 6 nitrogen and oxygen atoms in total. The normalized spacial score (nSPS) is 11.0. The minimum atomic E-state index is 0.0102. The van der Waals surface area contributed by atoms with Gasteiger partial charge >= 0.3 is 0 Å². The first-order chi connectivity index (χ1) is 13.2. The van der Waals surface area contributed by atoms with E-state index in [1.54, 1.807) is 11.3 Å². The maximum absolute atomic E-state index is 12.0. The molecule has 0 saturated carbocycles. The summed E-state index contributed by atoms with van der Waals surface area (Å²) in [5, 5.41) is 14.9. The summed E-state index contributed by atoms with van der Waals surface area (Å²) < 4.78 is 5.59. The largest absolute Gasteiger partial charge is 0.421 e. The molecule has 0 saturated heterocycles. The number of hydrogen-bond donors (Lipinski definition) is 1. The minimum Gasteiger partial charge on any atom is -0.421 e.